The Labute approximate surface area is 63.9 Å². The molecule has 60 valence electrons. The van der Waals surface area contributed by atoms with Gasteiger partial charge >= 0.3 is 6.03 Å². The standard InChI is InChI=1S/C6H9N3O2/c1-3-4(2)9(3)6(11)7-5(10)8-9/h3-4H,1-2H3,(H-,7,8,10,11)/t3-,4+,9?. The average Bonchev–Trinajstić information content (AvgIpc) is 2.36. The molecular weight excluding hydrogens is 146 g/mol. The van der Waals surface area contributed by atoms with E-state index in [1.165, 1.54) is 0 Å². The molecule has 1 N–H and O–H groups in total. The Balaban J connectivity index is 2.36. The van der Waals surface area contributed by atoms with Crippen LogP contribution >= 0.6 is 0 Å². The Kier molecular flexibility index (Phi) is 0.933. The number of nitrogens with zero attached hydrogens (tertiary/aromatic N) is 2. The summed E-state index contributed by atoms with van der Waals surface area (Å²) in [5, 5.41) is 16.6. The molecule has 0 aromatic carbocycles. The molecule has 2 aliphatic rings. The summed E-state index contributed by atoms with van der Waals surface area (Å²) in [5.74, 6) is 0. The van der Waals surface area contributed by atoms with Crippen molar-refractivity contribution in [3.8, 4) is 0 Å². The molecule has 3 atom stereocenters. The van der Waals surface area contributed by atoms with E-state index in [1.54, 1.807) is 0 Å². The third-order valence-corrected chi connectivity index (χ3v) is 2.65. The molecule has 5 heteroatoms. The number of amides is 2. The molecule has 0 aliphatic carbocycles. The highest BCUT2D eigenvalue weighted by Gasteiger charge is 2.70. The van der Waals surface area contributed by atoms with Crippen molar-refractivity contribution in [2.75, 3.05) is 0 Å². The molecular formula is C6H9N3O2. The summed E-state index contributed by atoms with van der Waals surface area (Å²) in [4.78, 5) is 11.1. The zero-order chi connectivity index (χ0) is 8.22. The smallest absolute Gasteiger partial charge is 0.448 e. The van der Waals surface area contributed by atoms with Crippen LogP contribution in [0.4, 0.5) is 4.79 Å². The van der Waals surface area contributed by atoms with Crippen molar-refractivity contribution in [2.45, 2.75) is 25.9 Å². The lowest BCUT2D eigenvalue weighted by Crippen LogP contribution is -2.37. The maximum absolute atomic E-state index is 11.1. The van der Waals surface area contributed by atoms with Gasteiger partial charge in [0.25, 0.3) is 0 Å². The number of carbonyl (C=O) groups is 1. The van der Waals surface area contributed by atoms with Gasteiger partial charge in [-0.05, 0) is 13.8 Å². The molecule has 0 bridgehead atoms. The Morgan fingerprint density at radius 1 is 1.55 bits per heavy atom. The number of quaternary nitrogens is 1. The molecule has 2 amide bonds. The third kappa shape index (κ3) is 0.544. The first-order valence-electron chi connectivity index (χ1n) is 3.56. The van der Waals surface area contributed by atoms with Crippen molar-refractivity contribution in [1.82, 2.24) is 5.32 Å². The van der Waals surface area contributed by atoms with Gasteiger partial charge in [0.05, 0.1) is 0 Å². The second kappa shape index (κ2) is 1.55. The van der Waals surface area contributed by atoms with Gasteiger partial charge in [-0.25, -0.2) is 4.79 Å². The fraction of sp³-hybridized carbons (Fsp3) is 0.667. The second-order valence-electron chi connectivity index (χ2n) is 3.05. The molecule has 11 heavy (non-hydrogen) atoms. The summed E-state index contributed by atoms with van der Waals surface area (Å²) in [6.45, 7) is 3.82. The molecule has 0 saturated carbocycles. The average molecular weight is 155 g/mol. The van der Waals surface area contributed by atoms with E-state index in [4.69, 9.17) is 0 Å². The predicted octanol–water partition coefficient (Wildman–Crippen LogP) is -1.05. The monoisotopic (exact) mass is 155 g/mol. The molecule has 2 rings (SSSR count). The van der Waals surface area contributed by atoms with Crippen molar-refractivity contribution in [3.63, 3.8) is 0 Å². The summed E-state index contributed by atoms with van der Waals surface area (Å²) in [5.41, 5.74) is 0. The molecule has 2 heterocycles. The number of amidine groups is 1. The van der Waals surface area contributed by atoms with Gasteiger partial charge in [0, 0.05) is 0 Å². The van der Waals surface area contributed by atoms with E-state index < -0.39 is 6.02 Å². The number of carbonyl (C=O) groups excluding carboxylic acids is 1. The van der Waals surface area contributed by atoms with Gasteiger partial charge in [0.15, 0.2) is 12.1 Å². The quantitative estimate of drug-likeness (QED) is 0.358. The van der Waals surface area contributed by atoms with Crippen LogP contribution in [0.5, 0.6) is 0 Å². The third-order valence-electron chi connectivity index (χ3n) is 2.65. The summed E-state index contributed by atoms with van der Waals surface area (Å²) in [6.07, 6.45) is 0. The topological polar surface area (TPSA) is 64.5 Å². The van der Waals surface area contributed by atoms with Crippen LogP contribution in [0.2, 0.25) is 0 Å². The van der Waals surface area contributed by atoms with Crippen molar-refractivity contribution in [2.24, 2.45) is 5.10 Å². The maximum atomic E-state index is 11.1. The summed E-state index contributed by atoms with van der Waals surface area (Å²) >= 11 is 0. The summed E-state index contributed by atoms with van der Waals surface area (Å²) < 4.78 is -0.0289. The van der Waals surface area contributed by atoms with Crippen LogP contribution in [-0.4, -0.2) is 28.7 Å². The first kappa shape index (κ1) is 6.60. The van der Waals surface area contributed by atoms with Crippen molar-refractivity contribution >= 4 is 12.1 Å². The van der Waals surface area contributed by atoms with E-state index in [0.29, 0.717) is 0 Å². The van der Waals surface area contributed by atoms with E-state index in [9.17, 15) is 9.90 Å². The molecule has 0 radical (unpaired) electrons. The number of urea groups is 1. The van der Waals surface area contributed by atoms with Crippen molar-refractivity contribution < 1.29 is 14.5 Å². The Morgan fingerprint density at radius 2 is 2.09 bits per heavy atom. The fourth-order valence-corrected chi connectivity index (χ4v) is 1.62. The van der Waals surface area contributed by atoms with Crippen molar-refractivity contribution in [1.29, 1.82) is 0 Å². The van der Waals surface area contributed by atoms with Crippen LogP contribution in [0.3, 0.4) is 0 Å². The fourth-order valence-electron chi connectivity index (χ4n) is 1.62. The first-order valence-corrected chi connectivity index (χ1v) is 3.56. The number of nitrogens with one attached hydrogen (secondary N) is 1. The minimum absolute atomic E-state index is 0.0289. The minimum Gasteiger partial charge on any atom is -0.842 e. The highest BCUT2D eigenvalue weighted by Crippen LogP contribution is 2.41. The SMILES string of the molecule is C[C@@H]1[C@H](C)[N+]12N=C([O-])NC2=O. The van der Waals surface area contributed by atoms with Crippen LogP contribution in [0.1, 0.15) is 13.8 Å². The molecule has 2 aliphatic heterocycles. The summed E-state index contributed by atoms with van der Waals surface area (Å²) in [7, 11) is 0. The largest absolute Gasteiger partial charge is 0.842 e. The van der Waals surface area contributed by atoms with E-state index in [1.807, 2.05) is 13.8 Å². The second-order valence-corrected chi connectivity index (χ2v) is 3.05. The van der Waals surface area contributed by atoms with Gasteiger partial charge in [-0.3, -0.25) is 5.32 Å². The lowest BCUT2D eigenvalue weighted by molar-refractivity contribution is -0.742. The van der Waals surface area contributed by atoms with Crippen LogP contribution in [0, 0.1) is 0 Å². The van der Waals surface area contributed by atoms with Gasteiger partial charge in [-0.15, -0.1) is 4.59 Å². The molecule has 5 nitrogen and oxygen atoms in total. The first-order chi connectivity index (χ1) is 5.09. The van der Waals surface area contributed by atoms with Gasteiger partial charge in [0.2, 0.25) is 0 Å². The van der Waals surface area contributed by atoms with E-state index in [-0.39, 0.29) is 22.7 Å². The van der Waals surface area contributed by atoms with Gasteiger partial charge in [-0.1, -0.05) is 5.10 Å². The maximum Gasteiger partial charge on any atom is 0.448 e. The van der Waals surface area contributed by atoms with Crippen LogP contribution in [-0.2, 0) is 0 Å². The highest BCUT2D eigenvalue weighted by molar-refractivity contribution is 5.91. The normalized spacial score (nSPS) is 47.5. The zero-order valence-electron chi connectivity index (χ0n) is 6.37. The molecule has 1 spiro atoms. The molecule has 0 aromatic heterocycles. The number of rotatable bonds is 0. The van der Waals surface area contributed by atoms with E-state index >= 15 is 0 Å². The lowest BCUT2D eigenvalue weighted by Gasteiger charge is -2.00. The van der Waals surface area contributed by atoms with Gasteiger partial charge in [-0.2, -0.15) is 0 Å². The van der Waals surface area contributed by atoms with E-state index in [2.05, 4.69) is 10.4 Å². The van der Waals surface area contributed by atoms with Gasteiger partial charge in [0.1, 0.15) is 6.02 Å². The van der Waals surface area contributed by atoms with E-state index in [0.717, 1.165) is 0 Å². The van der Waals surface area contributed by atoms with Crippen molar-refractivity contribution in [3.05, 3.63) is 0 Å². The van der Waals surface area contributed by atoms with Crippen LogP contribution < -0.4 is 10.4 Å². The highest BCUT2D eigenvalue weighted by atomic mass is 16.3. The Morgan fingerprint density at radius 3 is 2.27 bits per heavy atom. The summed E-state index contributed by atoms with van der Waals surface area (Å²) in [6, 6.07) is -0.482. The Bertz CT molecular complexity index is 253. The predicted molar refractivity (Wildman–Crippen MR) is 35.2 cm³/mol. The molecule has 1 unspecified atom stereocenters. The zero-order valence-corrected chi connectivity index (χ0v) is 6.37. The Hall–Kier alpha value is -1.10. The lowest BCUT2D eigenvalue weighted by atomic mass is 10.4. The number of hydrogen-bond acceptors (Lipinski definition) is 3. The molecule has 1 fully saturated rings. The van der Waals surface area contributed by atoms with Gasteiger partial charge < -0.3 is 5.11 Å². The minimum atomic E-state index is -0.508. The van der Waals surface area contributed by atoms with Crippen LogP contribution in [0.25, 0.3) is 0 Å². The molecule has 1 saturated heterocycles. The van der Waals surface area contributed by atoms with Crippen LogP contribution in [0.15, 0.2) is 5.10 Å². The molecule has 0 aromatic rings. The number of hydrogen-bond donors (Lipinski definition) is 1.